The van der Waals surface area contributed by atoms with E-state index in [1.54, 1.807) is 0 Å². The van der Waals surface area contributed by atoms with Crippen molar-refractivity contribution in [2.45, 2.75) is 45.7 Å². The van der Waals surface area contributed by atoms with Crippen molar-refractivity contribution >= 4 is 10.9 Å². The van der Waals surface area contributed by atoms with E-state index < -0.39 is 0 Å². The van der Waals surface area contributed by atoms with E-state index in [0.29, 0.717) is 11.5 Å². The number of pyridine rings is 1. The first-order valence-electron chi connectivity index (χ1n) is 7.23. The fraction of sp³-hybridized carbons (Fsp3) is 0.471. The monoisotopic (exact) mass is 254 g/mol. The Morgan fingerprint density at radius 1 is 1.21 bits per heavy atom. The average Bonchev–Trinajstić information content (AvgIpc) is 2.75. The lowest BCUT2D eigenvalue weighted by molar-refractivity contribution is 0.282. The van der Waals surface area contributed by atoms with Gasteiger partial charge in [-0.15, -0.1) is 0 Å². The summed E-state index contributed by atoms with van der Waals surface area (Å²) in [6.45, 7) is 5.61. The summed E-state index contributed by atoms with van der Waals surface area (Å²) >= 11 is 0. The number of hydrogen-bond donors (Lipinski definition) is 1. The summed E-state index contributed by atoms with van der Waals surface area (Å²) in [5.74, 6) is 0. The molecule has 1 saturated carbocycles. The molecule has 1 N–H and O–H groups in total. The second-order valence-electron chi connectivity index (χ2n) is 6.31. The van der Waals surface area contributed by atoms with Crippen LogP contribution >= 0.6 is 0 Å². The summed E-state index contributed by atoms with van der Waals surface area (Å²) in [7, 11) is 0. The van der Waals surface area contributed by atoms with Gasteiger partial charge in [-0.25, -0.2) is 0 Å². The van der Waals surface area contributed by atoms with E-state index in [0.717, 1.165) is 17.8 Å². The highest BCUT2D eigenvalue weighted by atomic mass is 15.0. The summed E-state index contributed by atoms with van der Waals surface area (Å²) in [6.07, 6.45) is 3.96. The van der Waals surface area contributed by atoms with Gasteiger partial charge in [0, 0.05) is 18.0 Å². The van der Waals surface area contributed by atoms with Crippen molar-refractivity contribution < 1.29 is 0 Å². The minimum atomic E-state index is 0.427. The Hall–Kier alpha value is -1.41. The topological polar surface area (TPSA) is 24.9 Å². The lowest BCUT2D eigenvalue weighted by atomic mass is 9.87. The molecule has 1 aliphatic rings. The average molecular weight is 254 g/mol. The first-order valence-corrected chi connectivity index (χ1v) is 7.23. The molecule has 1 fully saturated rings. The first-order chi connectivity index (χ1) is 9.15. The van der Waals surface area contributed by atoms with E-state index in [2.05, 4.69) is 49.5 Å². The quantitative estimate of drug-likeness (QED) is 0.898. The summed E-state index contributed by atoms with van der Waals surface area (Å²) in [5.41, 5.74) is 2.66. The molecular formula is C17H22N2. The molecule has 1 atom stereocenters. The van der Waals surface area contributed by atoms with Crippen LogP contribution in [0.2, 0.25) is 0 Å². The maximum Gasteiger partial charge on any atom is 0.0705 e. The molecule has 1 aromatic carbocycles. The zero-order valence-electron chi connectivity index (χ0n) is 11.8. The normalized spacial score (nSPS) is 21.9. The van der Waals surface area contributed by atoms with Gasteiger partial charge in [0.1, 0.15) is 0 Å². The Bertz CT molecular complexity index is 574. The van der Waals surface area contributed by atoms with E-state index in [1.165, 1.54) is 24.6 Å². The second kappa shape index (κ2) is 4.93. The molecule has 0 aliphatic heterocycles. The minimum absolute atomic E-state index is 0.427. The summed E-state index contributed by atoms with van der Waals surface area (Å²) in [4.78, 5) is 4.72. The third-order valence-corrected chi connectivity index (χ3v) is 4.44. The Labute approximate surface area is 115 Å². The van der Waals surface area contributed by atoms with Gasteiger partial charge in [0.2, 0.25) is 0 Å². The Balaban J connectivity index is 1.72. The fourth-order valence-electron chi connectivity index (χ4n) is 3.14. The van der Waals surface area contributed by atoms with E-state index in [9.17, 15) is 0 Å². The minimum Gasteiger partial charge on any atom is -0.308 e. The Morgan fingerprint density at radius 3 is 2.84 bits per heavy atom. The third-order valence-electron chi connectivity index (χ3n) is 4.44. The van der Waals surface area contributed by atoms with Crippen molar-refractivity contribution in [3.8, 4) is 0 Å². The number of benzene rings is 1. The van der Waals surface area contributed by atoms with Crippen molar-refractivity contribution in [2.75, 3.05) is 0 Å². The van der Waals surface area contributed by atoms with Gasteiger partial charge in [0.15, 0.2) is 0 Å². The zero-order chi connectivity index (χ0) is 13.3. The maximum atomic E-state index is 4.72. The predicted molar refractivity (Wildman–Crippen MR) is 80.0 cm³/mol. The number of rotatable bonds is 3. The van der Waals surface area contributed by atoms with Gasteiger partial charge in [0.25, 0.3) is 0 Å². The molecule has 1 aliphatic carbocycles. The number of hydrogen-bond acceptors (Lipinski definition) is 2. The molecule has 1 heterocycles. The highest BCUT2D eigenvalue weighted by Gasteiger charge is 2.33. The maximum absolute atomic E-state index is 4.72. The fourth-order valence-corrected chi connectivity index (χ4v) is 3.14. The summed E-state index contributed by atoms with van der Waals surface area (Å²) < 4.78 is 0. The molecule has 0 amide bonds. The lowest BCUT2D eigenvalue weighted by Gasteiger charge is -2.27. The standard InChI is InChI=1S/C17H22N2/c1-17(2)11-5-8-16(17)18-12-14-10-9-13-6-3-4-7-15(13)19-14/h3-4,6-7,9-10,16,18H,5,8,11-12H2,1-2H3. The van der Waals surface area contributed by atoms with Gasteiger partial charge in [-0.3, -0.25) is 4.98 Å². The predicted octanol–water partition coefficient (Wildman–Crippen LogP) is 3.90. The van der Waals surface area contributed by atoms with Crippen LogP contribution in [0.25, 0.3) is 10.9 Å². The first kappa shape index (κ1) is 12.6. The van der Waals surface area contributed by atoms with Crippen LogP contribution in [0.3, 0.4) is 0 Å². The van der Waals surface area contributed by atoms with Crippen LogP contribution in [-0.4, -0.2) is 11.0 Å². The van der Waals surface area contributed by atoms with Gasteiger partial charge < -0.3 is 5.32 Å². The van der Waals surface area contributed by atoms with E-state index >= 15 is 0 Å². The van der Waals surface area contributed by atoms with Crippen LogP contribution in [0, 0.1) is 5.41 Å². The lowest BCUT2D eigenvalue weighted by Crippen LogP contribution is -2.37. The van der Waals surface area contributed by atoms with E-state index in [-0.39, 0.29) is 0 Å². The van der Waals surface area contributed by atoms with Crippen molar-refractivity contribution in [2.24, 2.45) is 5.41 Å². The van der Waals surface area contributed by atoms with Crippen LogP contribution in [0.5, 0.6) is 0 Å². The highest BCUT2D eigenvalue weighted by molar-refractivity contribution is 5.78. The largest absolute Gasteiger partial charge is 0.308 e. The molecule has 2 nitrogen and oxygen atoms in total. The van der Waals surface area contributed by atoms with Crippen molar-refractivity contribution in [1.82, 2.24) is 10.3 Å². The van der Waals surface area contributed by atoms with Crippen molar-refractivity contribution in [3.63, 3.8) is 0 Å². The molecule has 3 rings (SSSR count). The summed E-state index contributed by atoms with van der Waals surface area (Å²) in [5, 5.41) is 4.91. The molecule has 19 heavy (non-hydrogen) atoms. The second-order valence-corrected chi connectivity index (χ2v) is 6.31. The molecule has 100 valence electrons. The molecule has 1 unspecified atom stereocenters. The van der Waals surface area contributed by atoms with Gasteiger partial charge in [-0.2, -0.15) is 0 Å². The number of para-hydroxylation sites is 1. The van der Waals surface area contributed by atoms with Gasteiger partial charge in [-0.05, 0) is 30.4 Å². The Morgan fingerprint density at radius 2 is 2.05 bits per heavy atom. The van der Waals surface area contributed by atoms with Crippen molar-refractivity contribution in [3.05, 3.63) is 42.1 Å². The summed E-state index contributed by atoms with van der Waals surface area (Å²) in [6, 6.07) is 13.2. The van der Waals surface area contributed by atoms with Crippen LogP contribution in [-0.2, 0) is 6.54 Å². The van der Waals surface area contributed by atoms with Gasteiger partial charge in [0.05, 0.1) is 11.2 Å². The van der Waals surface area contributed by atoms with Crippen LogP contribution in [0.1, 0.15) is 38.8 Å². The van der Waals surface area contributed by atoms with E-state index in [4.69, 9.17) is 4.98 Å². The van der Waals surface area contributed by atoms with Crippen molar-refractivity contribution in [1.29, 1.82) is 0 Å². The SMILES string of the molecule is CC1(C)CCCC1NCc1ccc2ccccc2n1. The molecule has 0 spiro atoms. The van der Waals surface area contributed by atoms with Crippen LogP contribution in [0.4, 0.5) is 0 Å². The number of nitrogens with one attached hydrogen (secondary N) is 1. The number of nitrogens with zero attached hydrogens (tertiary/aromatic N) is 1. The van der Waals surface area contributed by atoms with E-state index in [1.807, 2.05) is 6.07 Å². The highest BCUT2D eigenvalue weighted by Crippen LogP contribution is 2.37. The number of aromatic nitrogens is 1. The zero-order valence-corrected chi connectivity index (χ0v) is 11.8. The molecule has 1 aromatic heterocycles. The van der Waals surface area contributed by atoms with Gasteiger partial charge in [-0.1, -0.05) is 44.5 Å². The third kappa shape index (κ3) is 2.64. The molecule has 0 saturated heterocycles. The molecule has 2 aromatic rings. The molecule has 0 bridgehead atoms. The molecular weight excluding hydrogens is 232 g/mol. The molecule has 0 radical (unpaired) electrons. The number of fused-ring (bicyclic) bond motifs is 1. The van der Waals surface area contributed by atoms with Crippen LogP contribution < -0.4 is 5.32 Å². The van der Waals surface area contributed by atoms with Crippen LogP contribution in [0.15, 0.2) is 36.4 Å². The molecule has 2 heteroatoms. The van der Waals surface area contributed by atoms with Gasteiger partial charge >= 0.3 is 0 Å². The Kier molecular flexibility index (Phi) is 3.28. The smallest absolute Gasteiger partial charge is 0.0705 e.